The van der Waals surface area contributed by atoms with Gasteiger partial charge in [0.05, 0.1) is 58.0 Å². The second-order valence-electron chi connectivity index (χ2n) is 33.5. The number of benzene rings is 6. The van der Waals surface area contributed by atoms with E-state index in [0.29, 0.717) is 58.1 Å². The van der Waals surface area contributed by atoms with Crippen LogP contribution < -0.4 is 62.0 Å². The zero-order chi connectivity index (χ0) is 84.9. The Hall–Kier alpha value is -12.4. The third-order valence-corrected chi connectivity index (χ3v) is 33.0. The monoisotopic (exact) mass is 1640 g/mol. The van der Waals surface area contributed by atoms with Crippen LogP contribution in [0.4, 0.5) is 4.79 Å². The van der Waals surface area contributed by atoms with E-state index in [0.717, 1.165) is 53.8 Å². The molecule has 0 bridgehead atoms. The van der Waals surface area contributed by atoms with Crippen molar-refractivity contribution in [3.63, 3.8) is 0 Å². The summed E-state index contributed by atoms with van der Waals surface area (Å²) in [5.74, 6) is -5.57. The van der Waals surface area contributed by atoms with E-state index in [-0.39, 0.29) is 58.3 Å². The van der Waals surface area contributed by atoms with Gasteiger partial charge in [-0.15, -0.1) is 0 Å². The van der Waals surface area contributed by atoms with E-state index in [2.05, 4.69) is 111 Å². The van der Waals surface area contributed by atoms with Crippen LogP contribution in [0.5, 0.6) is 11.5 Å². The molecule has 4 N–H and O–H groups in total. The van der Waals surface area contributed by atoms with Gasteiger partial charge in [-0.25, -0.2) is 24.4 Å². The molecule has 4 amide bonds. The fourth-order valence-corrected chi connectivity index (χ4v) is 26.3. The molecular formula is C92H98N8O17Si2. The Bertz CT molecular complexity index is 5780. The summed E-state index contributed by atoms with van der Waals surface area (Å²) >= 11 is 0. The topological polar surface area (TPSA) is 319 Å². The lowest BCUT2D eigenvalue weighted by Gasteiger charge is -2.43. The van der Waals surface area contributed by atoms with E-state index in [1.54, 1.807) is 55.9 Å². The van der Waals surface area contributed by atoms with Gasteiger partial charge in [0.1, 0.15) is 56.0 Å². The van der Waals surface area contributed by atoms with Crippen LogP contribution in [0.25, 0.3) is 44.6 Å². The van der Waals surface area contributed by atoms with Crippen LogP contribution in [0.2, 0.25) is 10.1 Å². The highest BCUT2D eigenvalue weighted by Gasteiger charge is 2.56. The van der Waals surface area contributed by atoms with Crippen LogP contribution in [-0.2, 0) is 108 Å². The Morgan fingerprint density at radius 1 is 0.487 bits per heavy atom. The van der Waals surface area contributed by atoms with Gasteiger partial charge in [-0.05, 0) is 143 Å². The quantitative estimate of drug-likeness (QED) is 0.0235. The minimum atomic E-state index is -3.06. The maximum atomic E-state index is 14.9. The van der Waals surface area contributed by atoms with Crippen LogP contribution in [0.3, 0.4) is 0 Å². The Morgan fingerprint density at radius 3 is 1.25 bits per heavy atom. The Balaban J connectivity index is 0.672. The highest BCUT2D eigenvalue weighted by atomic mass is 28.4. The second kappa shape index (κ2) is 32.5. The molecule has 0 radical (unpaired) electrons. The first kappa shape index (κ1) is 83.1. The van der Waals surface area contributed by atoms with Crippen molar-refractivity contribution in [2.75, 3.05) is 19.6 Å². The number of nitrogens with one attached hydrogen (secondary N) is 4. The van der Waals surface area contributed by atoms with Gasteiger partial charge in [0.25, 0.3) is 11.1 Å². The summed E-state index contributed by atoms with van der Waals surface area (Å²) in [7, 11) is -6.11. The van der Waals surface area contributed by atoms with Gasteiger partial charge in [0.15, 0.2) is 0 Å². The van der Waals surface area contributed by atoms with E-state index in [9.17, 15) is 47.9 Å². The third-order valence-electron chi connectivity index (χ3n) is 23.1. The van der Waals surface area contributed by atoms with E-state index < -0.39 is 144 Å². The first-order valence-corrected chi connectivity index (χ1v) is 44.2. The molecule has 6 aromatic carbocycles. The third kappa shape index (κ3) is 15.3. The number of cyclic esters (lactones) is 2. The fraction of sp³-hybridized carbons (Fsp3) is 0.348. The molecule has 119 heavy (non-hydrogen) atoms. The summed E-state index contributed by atoms with van der Waals surface area (Å²) in [5.41, 5.74) is 0.671. The molecule has 3 atom stereocenters. The van der Waals surface area contributed by atoms with Crippen molar-refractivity contribution in [2.24, 2.45) is 0 Å². The molecule has 8 heterocycles. The van der Waals surface area contributed by atoms with Crippen molar-refractivity contribution in [2.45, 2.75) is 188 Å². The molecular weight excluding hydrogens is 1550 g/mol. The minimum Gasteiger partial charge on any atom is -0.534 e. The maximum Gasteiger partial charge on any atom is 0.408 e. The van der Waals surface area contributed by atoms with Gasteiger partial charge < -0.3 is 62.9 Å². The zero-order valence-corrected chi connectivity index (χ0v) is 71.2. The average Bonchev–Trinajstić information content (AvgIpc) is 1.69. The van der Waals surface area contributed by atoms with Gasteiger partial charge in [0.2, 0.25) is 28.9 Å². The summed E-state index contributed by atoms with van der Waals surface area (Å²) in [6.07, 6.45) is -1.25. The highest BCUT2D eigenvalue weighted by molar-refractivity contribution is 7.00. The molecule has 1 unspecified atom stereocenters. The number of pyridine rings is 4. The number of rotatable bonds is 25. The largest absolute Gasteiger partial charge is 0.534 e. The molecule has 14 rings (SSSR count). The lowest BCUT2D eigenvalue weighted by molar-refractivity contribution is -0.189. The highest BCUT2D eigenvalue weighted by Crippen LogP contribution is 2.47. The van der Waals surface area contributed by atoms with E-state index in [1.807, 2.05) is 123 Å². The summed E-state index contributed by atoms with van der Waals surface area (Å²) in [6.45, 7) is 22.4. The summed E-state index contributed by atoms with van der Waals surface area (Å²) in [5, 5.41) is 15.2. The molecule has 27 heteroatoms. The molecule has 0 saturated heterocycles. The van der Waals surface area contributed by atoms with Crippen LogP contribution in [0.15, 0.2) is 179 Å². The molecule has 0 spiro atoms. The zero-order valence-electron chi connectivity index (χ0n) is 69.2. The van der Waals surface area contributed by atoms with Crippen molar-refractivity contribution in [3.05, 3.63) is 235 Å². The van der Waals surface area contributed by atoms with Crippen molar-refractivity contribution >= 4 is 107 Å². The number of aromatic nitrogens is 4. The van der Waals surface area contributed by atoms with Gasteiger partial charge >= 0.3 is 46.6 Å². The van der Waals surface area contributed by atoms with Crippen molar-refractivity contribution < 1.29 is 70.9 Å². The van der Waals surface area contributed by atoms with E-state index in [4.69, 9.17) is 42.5 Å². The van der Waals surface area contributed by atoms with Crippen LogP contribution in [0, 0.1) is 0 Å². The number of carbonyl (C=O) groups is 8. The van der Waals surface area contributed by atoms with Gasteiger partial charge in [-0.2, -0.15) is 0 Å². The summed E-state index contributed by atoms with van der Waals surface area (Å²) in [4.78, 5) is 151. The Morgan fingerprint density at radius 2 is 0.882 bits per heavy atom. The molecule has 0 fully saturated rings. The van der Waals surface area contributed by atoms with Crippen LogP contribution in [-0.4, -0.2) is 115 Å². The lowest BCUT2D eigenvalue weighted by Crippen LogP contribution is -2.68. The molecule has 616 valence electrons. The van der Waals surface area contributed by atoms with E-state index in [1.165, 1.54) is 0 Å². The number of amides is 4. The Labute approximate surface area is 691 Å². The SMILES string of the molecule is CCc1c2c(nc3ccc(O[Si](c4ccccc4)(c4ccccc4)C(C)(C)C)cc13)-c1cc3c(c(=O)n1C2)COC(=O)[C@@]3(CC)OC(=O)CNC(=O)CCC(NC(=O)CNC(=O)OC(C)(C)C)C(=O)NCC(=O)O[C@]1(CC)C(=O)OCc2c1cc1n(c2=O)Cc2c-1nc1ccc(O[Si](c3ccccc3)(c3ccccc3)C(C)(C)C)cc1c2CC. The molecule has 4 aliphatic heterocycles. The van der Waals surface area contributed by atoms with Gasteiger partial charge in [-0.3, -0.25) is 33.6 Å². The average molecular weight is 1640 g/mol. The second-order valence-corrected chi connectivity index (χ2v) is 42.0. The van der Waals surface area contributed by atoms with Crippen molar-refractivity contribution in [3.8, 4) is 34.3 Å². The normalized spacial score (nSPS) is 16.2. The molecule has 4 aromatic heterocycles. The number of esters is 4. The standard InChI is InChI=1S/C92H98N8O17Si2/c1-14-61-63-44-55(116-118(89(8,9)10,57-30-22-18-23-31-57)58-32-24-19-25-33-58)38-40-71(63)97-80-65(61)51-99-74(80)46-69-67(83(99)106)53-111-85(108)91(69,16-3)113-78(103)49-93-76(101)43-42-73(96-77(102)48-95-87(110)115-88(5,6)7)82(105)94-50-79(104)114-92(17-4)70-47-75-81-66(52-100(75)84(107)68(70)54-112-86(92)109)62(15-2)64-45-56(39-41-72(64)98-81)117-119(90(11,12)13,59-34-26-20-27-35-59)60-36-28-21-29-37-60/h18-41,44-47,73H,14-17,42-43,48-54H2,1-13H3,(H,93,101)(H,94,105)(H,95,110)(H,96,102)/t73?,91-,92-/m0/s1. The number of ether oxygens (including phenoxy) is 5. The number of fused-ring (bicyclic) bond motifs is 10. The first-order valence-electron chi connectivity index (χ1n) is 40.4. The van der Waals surface area contributed by atoms with Crippen LogP contribution >= 0.6 is 0 Å². The molecule has 10 aromatic rings. The van der Waals surface area contributed by atoms with Crippen molar-refractivity contribution in [1.29, 1.82) is 0 Å². The van der Waals surface area contributed by atoms with Gasteiger partial charge in [-0.1, -0.05) is 191 Å². The maximum absolute atomic E-state index is 14.9. The number of nitrogens with zero attached hydrogens (tertiary/aromatic N) is 4. The fourth-order valence-electron chi connectivity index (χ4n) is 17.4. The number of carbonyl (C=O) groups excluding carboxylic acids is 8. The minimum absolute atomic E-state index is 0.0719. The smallest absolute Gasteiger partial charge is 0.408 e. The molecule has 0 aliphatic carbocycles. The Kier molecular flexibility index (Phi) is 22.7. The summed E-state index contributed by atoms with van der Waals surface area (Å²) in [6, 6.07) is 54.7. The molecule has 4 aliphatic rings. The predicted molar refractivity (Wildman–Crippen MR) is 453 cm³/mol. The lowest BCUT2D eigenvalue weighted by atomic mass is 9.85. The van der Waals surface area contributed by atoms with Crippen LogP contribution in [0.1, 0.15) is 160 Å². The first-order chi connectivity index (χ1) is 56.7. The molecule has 0 saturated carbocycles. The number of aryl methyl sites for hydroxylation is 2. The van der Waals surface area contributed by atoms with Gasteiger partial charge in [0, 0.05) is 39.4 Å². The predicted octanol–water partition coefficient (Wildman–Crippen LogP) is 10.3. The summed E-state index contributed by atoms with van der Waals surface area (Å²) < 4.78 is 46.8. The number of hydrogen-bond acceptors (Lipinski definition) is 19. The number of hydrogen-bond donors (Lipinski definition) is 4. The molecule has 25 nitrogen and oxygen atoms in total. The van der Waals surface area contributed by atoms with Crippen molar-refractivity contribution in [1.82, 2.24) is 40.4 Å². The van der Waals surface area contributed by atoms with E-state index >= 15 is 0 Å². The number of alkyl carbamates (subject to hydrolysis) is 1.